The lowest BCUT2D eigenvalue weighted by Gasteiger charge is -2.22. The van der Waals surface area contributed by atoms with Crippen LogP contribution in [0.15, 0.2) is 24.3 Å². The van der Waals surface area contributed by atoms with Gasteiger partial charge in [-0.3, -0.25) is 4.79 Å². The summed E-state index contributed by atoms with van der Waals surface area (Å²) >= 11 is 1.72. The van der Waals surface area contributed by atoms with Crippen LogP contribution in [0.3, 0.4) is 0 Å². The zero-order chi connectivity index (χ0) is 18.6. The maximum atomic E-state index is 12.5. The van der Waals surface area contributed by atoms with Gasteiger partial charge in [0, 0.05) is 12.0 Å². The second-order valence-corrected chi connectivity index (χ2v) is 8.50. The molecule has 0 bridgehead atoms. The van der Waals surface area contributed by atoms with Crippen molar-refractivity contribution in [2.45, 2.75) is 44.6 Å². The molecular weight excluding hydrogens is 358 g/mol. The first-order valence-electron chi connectivity index (χ1n) is 9.87. The summed E-state index contributed by atoms with van der Waals surface area (Å²) < 4.78 is 5.24. The highest BCUT2D eigenvalue weighted by molar-refractivity contribution is 7.15. The second-order valence-electron chi connectivity index (χ2n) is 7.47. The molecule has 2 unspecified atom stereocenters. The number of amides is 1. The summed E-state index contributed by atoms with van der Waals surface area (Å²) in [5.41, 5.74) is 2.26. The van der Waals surface area contributed by atoms with E-state index in [0.717, 1.165) is 60.8 Å². The van der Waals surface area contributed by atoms with Gasteiger partial charge in [-0.1, -0.05) is 0 Å². The summed E-state index contributed by atoms with van der Waals surface area (Å²) in [5.74, 6) is 1.68. The van der Waals surface area contributed by atoms with E-state index in [1.165, 1.54) is 11.3 Å². The predicted molar refractivity (Wildman–Crippen MR) is 108 cm³/mol. The molecule has 0 spiro atoms. The summed E-state index contributed by atoms with van der Waals surface area (Å²) in [4.78, 5) is 18.6. The van der Waals surface area contributed by atoms with Gasteiger partial charge in [0.05, 0.1) is 23.7 Å². The minimum atomic E-state index is 0.118. The number of aryl methyl sites for hydroxylation is 1. The first kappa shape index (κ1) is 18.4. The number of carbonyl (C=O) groups excluding carboxylic acids is 1. The third-order valence-corrected chi connectivity index (χ3v) is 6.83. The minimum Gasteiger partial charge on any atom is -0.497 e. The van der Waals surface area contributed by atoms with Crippen LogP contribution >= 0.6 is 11.3 Å². The molecule has 144 valence electrons. The summed E-state index contributed by atoms with van der Waals surface area (Å²) in [6.07, 6.45) is 5.90. The number of nitrogens with zero attached hydrogens (tertiary/aromatic N) is 1. The molecule has 6 heteroatoms. The Morgan fingerprint density at radius 2 is 2.19 bits per heavy atom. The van der Waals surface area contributed by atoms with Crippen LogP contribution in [0.2, 0.25) is 0 Å². The lowest BCUT2D eigenvalue weighted by molar-refractivity contribution is -0.122. The molecule has 0 saturated carbocycles. The molecule has 0 radical (unpaired) electrons. The number of thiazole rings is 1. The normalized spacial score (nSPS) is 21.7. The summed E-state index contributed by atoms with van der Waals surface area (Å²) in [7, 11) is 1.67. The van der Waals surface area contributed by atoms with E-state index in [1.807, 2.05) is 24.3 Å². The van der Waals surface area contributed by atoms with Crippen molar-refractivity contribution >= 4 is 17.2 Å². The van der Waals surface area contributed by atoms with Crippen molar-refractivity contribution in [1.82, 2.24) is 15.6 Å². The van der Waals surface area contributed by atoms with E-state index in [2.05, 4.69) is 10.6 Å². The van der Waals surface area contributed by atoms with Crippen LogP contribution < -0.4 is 15.4 Å². The lowest BCUT2D eigenvalue weighted by atomic mass is 9.97. The molecule has 5 nitrogen and oxygen atoms in total. The Hall–Kier alpha value is -1.92. The predicted octanol–water partition coefficient (Wildman–Crippen LogP) is 3.70. The van der Waals surface area contributed by atoms with Crippen LogP contribution in [0, 0.1) is 5.92 Å². The Kier molecular flexibility index (Phi) is 5.74. The Morgan fingerprint density at radius 1 is 1.33 bits per heavy atom. The standard InChI is InChI=1S/C21H27N3O2S/c1-26-16-8-6-15(7-9-16)21-24-18-4-2-3-17(20(18)27-21)23-19(25)10-5-14-11-12-22-13-14/h6-9,14,17,22H,2-5,10-13H2,1H3,(H,23,25). The number of aromatic nitrogens is 1. The summed E-state index contributed by atoms with van der Waals surface area (Å²) in [6.45, 7) is 2.15. The van der Waals surface area contributed by atoms with E-state index in [1.54, 1.807) is 18.4 Å². The van der Waals surface area contributed by atoms with Gasteiger partial charge in [0.15, 0.2) is 0 Å². The van der Waals surface area contributed by atoms with Gasteiger partial charge in [0.2, 0.25) is 5.91 Å². The van der Waals surface area contributed by atoms with Gasteiger partial charge >= 0.3 is 0 Å². The monoisotopic (exact) mass is 385 g/mol. The third-order valence-electron chi connectivity index (χ3n) is 5.56. The first-order valence-corrected chi connectivity index (χ1v) is 10.7. The minimum absolute atomic E-state index is 0.118. The Labute approximate surface area is 164 Å². The molecule has 1 amide bonds. The SMILES string of the molecule is COc1ccc(-c2nc3c(s2)C(NC(=O)CCC2CCNC2)CCC3)cc1. The van der Waals surface area contributed by atoms with Crippen LogP contribution in [0.25, 0.3) is 10.6 Å². The van der Waals surface area contributed by atoms with Gasteiger partial charge in [-0.15, -0.1) is 11.3 Å². The number of nitrogens with one attached hydrogen (secondary N) is 2. The van der Waals surface area contributed by atoms with Gasteiger partial charge in [-0.25, -0.2) is 4.98 Å². The molecule has 2 atom stereocenters. The molecule has 2 aromatic rings. The number of hydrogen-bond donors (Lipinski definition) is 2. The van der Waals surface area contributed by atoms with Gasteiger partial charge < -0.3 is 15.4 Å². The molecule has 1 aliphatic carbocycles. The third kappa shape index (κ3) is 4.33. The lowest BCUT2D eigenvalue weighted by Crippen LogP contribution is -2.30. The number of rotatable bonds is 6. The Morgan fingerprint density at radius 3 is 2.93 bits per heavy atom. The van der Waals surface area contributed by atoms with Crippen LogP contribution in [-0.4, -0.2) is 31.1 Å². The van der Waals surface area contributed by atoms with E-state index in [0.29, 0.717) is 12.3 Å². The van der Waals surface area contributed by atoms with E-state index >= 15 is 0 Å². The van der Waals surface area contributed by atoms with Gasteiger partial charge in [0.25, 0.3) is 0 Å². The highest BCUT2D eigenvalue weighted by Gasteiger charge is 2.26. The largest absolute Gasteiger partial charge is 0.497 e. The number of carbonyl (C=O) groups is 1. The smallest absolute Gasteiger partial charge is 0.220 e. The Bertz CT molecular complexity index is 781. The molecular formula is C21H27N3O2S. The van der Waals surface area contributed by atoms with Gasteiger partial charge in [-0.2, -0.15) is 0 Å². The molecule has 1 aromatic heterocycles. The van der Waals surface area contributed by atoms with E-state index in [4.69, 9.17) is 9.72 Å². The average molecular weight is 386 g/mol. The van der Waals surface area contributed by atoms with Crippen molar-refractivity contribution in [3.63, 3.8) is 0 Å². The molecule has 4 rings (SSSR count). The van der Waals surface area contributed by atoms with E-state index < -0.39 is 0 Å². The number of fused-ring (bicyclic) bond motifs is 1. The second kappa shape index (κ2) is 8.40. The molecule has 1 aliphatic heterocycles. The van der Waals surface area contributed by atoms with Crippen LogP contribution in [0.5, 0.6) is 5.75 Å². The van der Waals surface area contributed by atoms with Crippen molar-refractivity contribution in [3.05, 3.63) is 34.8 Å². The fraction of sp³-hybridized carbons (Fsp3) is 0.524. The molecule has 27 heavy (non-hydrogen) atoms. The van der Waals surface area contributed by atoms with Crippen molar-refractivity contribution in [2.24, 2.45) is 5.92 Å². The fourth-order valence-corrected chi connectivity index (χ4v) is 5.18. The van der Waals surface area contributed by atoms with E-state index in [-0.39, 0.29) is 11.9 Å². The van der Waals surface area contributed by atoms with Crippen molar-refractivity contribution in [3.8, 4) is 16.3 Å². The van der Waals surface area contributed by atoms with Gasteiger partial charge in [0.1, 0.15) is 10.8 Å². The average Bonchev–Trinajstić information content (AvgIpc) is 3.36. The highest BCUT2D eigenvalue weighted by Crippen LogP contribution is 2.38. The van der Waals surface area contributed by atoms with Crippen LogP contribution in [0.4, 0.5) is 0 Å². The maximum Gasteiger partial charge on any atom is 0.220 e. The first-order chi connectivity index (χ1) is 13.2. The molecule has 2 N–H and O–H groups in total. The van der Waals surface area contributed by atoms with Crippen molar-refractivity contribution in [1.29, 1.82) is 0 Å². The molecule has 2 aliphatic rings. The number of ether oxygens (including phenoxy) is 1. The summed E-state index contributed by atoms with van der Waals surface area (Å²) in [6, 6.07) is 8.14. The number of hydrogen-bond acceptors (Lipinski definition) is 5. The molecule has 1 saturated heterocycles. The van der Waals surface area contributed by atoms with Crippen LogP contribution in [-0.2, 0) is 11.2 Å². The quantitative estimate of drug-likeness (QED) is 0.796. The maximum absolute atomic E-state index is 12.5. The van der Waals surface area contributed by atoms with E-state index in [9.17, 15) is 4.79 Å². The number of methoxy groups -OCH3 is 1. The fourth-order valence-electron chi connectivity index (χ4n) is 3.98. The van der Waals surface area contributed by atoms with Crippen molar-refractivity contribution in [2.75, 3.05) is 20.2 Å². The molecule has 2 heterocycles. The summed E-state index contributed by atoms with van der Waals surface area (Å²) in [5, 5.41) is 7.67. The topological polar surface area (TPSA) is 63.2 Å². The Balaban J connectivity index is 1.42. The van der Waals surface area contributed by atoms with Crippen LogP contribution in [0.1, 0.15) is 48.7 Å². The van der Waals surface area contributed by atoms with Crippen molar-refractivity contribution < 1.29 is 9.53 Å². The molecule has 1 fully saturated rings. The zero-order valence-electron chi connectivity index (χ0n) is 15.8. The highest BCUT2D eigenvalue weighted by atomic mass is 32.1. The van der Waals surface area contributed by atoms with Gasteiger partial charge in [-0.05, 0) is 75.4 Å². The molecule has 1 aromatic carbocycles. The zero-order valence-corrected chi connectivity index (χ0v) is 16.6. The number of benzene rings is 1.